The minimum atomic E-state index is -0.384. The molecule has 0 saturated carbocycles. The Morgan fingerprint density at radius 3 is 2.57 bits per heavy atom. The molecular weight excluding hydrogens is 264 g/mol. The normalized spacial score (nSPS) is 15.0. The molecule has 0 aliphatic carbocycles. The van der Waals surface area contributed by atoms with Gasteiger partial charge in [0.05, 0.1) is 12.1 Å². The van der Waals surface area contributed by atoms with E-state index in [-0.39, 0.29) is 12.1 Å². The minimum Gasteiger partial charge on any atom is -0.459 e. The number of furan rings is 1. The Kier molecular flexibility index (Phi) is 5.39. The van der Waals surface area contributed by atoms with E-state index >= 15 is 0 Å². The molecule has 2 N–H and O–H groups in total. The van der Waals surface area contributed by atoms with Crippen molar-refractivity contribution < 1.29 is 9.52 Å². The smallest absolute Gasteiger partial charge is 0.134 e. The predicted octanol–water partition coefficient (Wildman–Crippen LogP) is 2.64. The Bertz CT molecular complexity index is 530. The monoisotopic (exact) mass is 290 g/mol. The lowest BCUT2D eigenvalue weighted by molar-refractivity contribution is 0.127. The summed E-state index contributed by atoms with van der Waals surface area (Å²) < 4.78 is 5.95. The van der Waals surface area contributed by atoms with Gasteiger partial charge in [-0.25, -0.2) is 0 Å². The maximum atomic E-state index is 10.0. The van der Waals surface area contributed by atoms with Crippen LogP contribution in [0.3, 0.4) is 0 Å². The lowest BCUT2D eigenvalue weighted by atomic mass is 10.0. The van der Waals surface area contributed by atoms with Gasteiger partial charge < -0.3 is 19.7 Å². The number of aliphatic hydroxyl groups is 1. The molecular formula is C17H26N2O2. The average molecular weight is 290 g/mol. The second kappa shape index (κ2) is 7.07. The van der Waals surface area contributed by atoms with Gasteiger partial charge in [-0.3, -0.25) is 0 Å². The van der Waals surface area contributed by atoms with Crippen molar-refractivity contribution in [3.63, 3.8) is 0 Å². The summed E-state index contributed by atoms with van der Waals surface area (Å²) in [4.78, 5) is 1.98. The van der Waals surface area contributed by atoms with Gasteiger partial charge in [0.25, 0.3) is 0 Å². The van der Waals surface area contributed by atoms with E-state index in [4.69, 9.17) is 4.42 Å². The third-order valence-electron chi connectivity index (χ3n) is 3.57. The van der Waals surface area contributed by atoms with Crippen molar-refractivity contribution in [1.29, 1.82) is 0 Å². The first-order valence-electron chi connectivity index (χ1n) is 7.52. The third kappa shape index (κ3) is 4.30. The van der Waals surface area contributed by atoms with Crippen LogP contribution >= 0.6 is 0 Å². The SMILES string of the molecule is CC(C)C(NCC(O)CN(C)C)c1cc2ccccc2o1. The van der Waals surface area contributed by atoms with Gasteiger partial charge in [-0.1, -0.05) is 32.0 Å². The molecule has 2 unspecified atom stereocenters. The van der Waals surface area contributed by atoms with Gasteiger partial charge in [0.2, 0.25) is 0 Å². The van der Waals surface area contributed by atoms with Crippen LogP contribution in [0.5, 0.6) is 0 Å². The molecule has 0 aliphatic rings. The molecule has 4 heteroatoms. The third-order valence-corrected chi connectivity index (χ3v) is 3.57. The summed E-state index contributed by atoms with van der Waals surface area (Å²) in [5.41, 5.74) is 0.911. The molecule has 21 heavy (non-hydrogen) atoms. The summed E-state index contributed by atoms with van der Waals surface area (Å²) in [6.07, 6.45) is -0.384. The zero-order chi connectivity index (χ0) is 15.4. The molecule has 0 spiro atoms. The summed E-state index contributed by atoms with van der Waals surface area (Å²) in [7, 11) is 3.92. The highest BCUT2D eigenvalue weighted by atomic mass is 16.3. The second-order valence-corrected chi connectivity index (χ2v) is 6.23. The summed E-state index contributed by atoms with van der Waals surface area (Å²) in [5.74, 6) is 1.32. The highest BCUT2D eigenvalue weighted by Gasteiger charge is 2.20. The van der Waals surface area contributed by atoms with E-state index in [1.165, 1.54) is 0 Å². The van der Waals surface area contributed by atoms with Gasteiger partial charge >= 0.3 is 0 Å². The van der Waals surface area contributed by atoms with Crippen LogP contribution in [0.1, 0.15) is 25.6 Å². The predicted molar refractivity (Wildman–Crippen MR) is 86.4 cm³/mol. The number of aliphatic hydroxyl groups excluding tert-OH is 1. The van der Waals surface area contributed by atoms with E-state index < -0.39 is 0 Å². The van der Waals surface area contributed by atoms with Crippen LogP contribution in [0, 0.1) is 5.92 Å². The Labute approximate surface area is 126 Å². The van der Waals surface area contributed by atoms with E-state index in [0.717, 1.165) is 16.7 Å². The summed E-state index contributed by atoms with van der Waals surface area (Å²) in [5, 5.41) is 14.6. The van der Waals surface area contributed by atoms with E-state index in [9.17, 15) is 5.11 Å². The van der Waals surface area contributed by atoms with E-state index in [1.807, 2.05) is 37.2 Å². The van der Waals surface area contributed by atoms with Crippen LogP contribution in [-0.2, 0) is 0 Å². The number of rotatable bonds is 7. The van der Waals surface area contributed by atoms with Crippen molar-refractivity contribution in [3.05, 3.63) is 36.1 Å². The van der Waals surface area contributed by atoms with Crippen LogP contribution < -0.4 is 5.32 Å². The number of nitrogens with one attached hydrogen (secondary N) is 1. The van der Waals surface area contributed by atoms with Gasteiger partial charge in [0, 0.05) is 18.5 Å². The van der Waals surface area contributed by atoms with Gasteiger partial charge in [-0.2, -0.15) is 0 Å². The van der Waals surface area contributed by atoms with Crippen molar-refractivity contribution in [2.24, 2.45) is 5.92 Å². The Balaban J connectivity index is 2.08. The van der Waals surface area contributed by atoms with Crippen LogP contribution in [0.4, 0.5) is 0 Å². The van der Waals surface area contributed by atoms with Crippen LogP contribution in [-0.4, -0.2) is 43.3 Å². The molecule has 1 aromatic carbocycles. The molecule has 4 nitrogen and oxygen atoms in total. The van der Waals surface area contributed by atoms with Gasteiger partial charge in [-0.05, 0) is 32.1 Å². The first-order chi connectivity index (χ1) is 9.97. The Hall–Kier alpha value is -1.36. The topological polar surface area (TPSA) is 48.6 Å². The zero-order valence-electron chi connectivity index (χ0n) is 13.3. The fourth-order valence-corrected chi connectivity index (χ4v) is 2.57. The highest BCUT2D eigenvalue weighted by Crippen LogP contribution is 2.28. The molecule has 0 fully saturated rings. The largest absolute Gasteiger partial charge is 0.459 e. The standard InChI is InChI=1S/C17H26N2O2/c1-12(2)17(18-10-14(20)11-19(3)4)16-9-13-7-5-6-8-15(13)21-16/h5-9,12,14,17-18,20H,10-11H2,1-4H3. The molecule has 0 radical (unpaired) electrons. The lowest BCUT2D eigenvalue weighted by Crippen LogP contribution is -2.37. The van der Waals surface area contributed by atoms with Crippen LogP contribution in [0.2, 0.25) is 0 Å². The fraction of sp³-hybridized carbons (Fsp3) is 0.529. The maximum absolute atomic E-state index is 10.0. The summed E-state index contributed by atoms with van der Waals surface area (Å²) in [6.45, 7) is 5.52. The lowest BCUT2D eigenvalue weighted by Gasteiger charge is -2.23. The number of hydrogen-bond donors (Lipinski definition) is 2. The van der Waals surface area contributed by atoms with E-state index in [0.29, 0.717) is 19.0 Å². The van der Waals surface area contributed by atoms with Gasteiger partial charge in [0.15, 0.2) is 0 Å². The van der Waals surface area contributed by atoms with E-state index in [2.05, 4.69) is 31.3 Å². The second-order valence-electron chi connectivity index (χ2n) is 6.23. The first kappa shape index (κ1) is 16.0. The van der Waals surface area contributed by atoms with Crippen molar-refractivity contribution in [2.75, 3.05) is 27.2 Å². The number of fused-ring (bicyclic) bond motifs is 1. The van der Waals surface area contributed by atoms with Crippen molar-refractivity contribution in [1.82, 2.24) is 10.2 Å². The maximum Gasteiger partial charge on any atom is 0.134 e. The van der Waals surface area contributed by atoms with Crippen LogP contribution in [0.15, 0.2) is 34.7 Å². The fourth-order valence-electron chi connectivity index (χ4n) is 2.57. The Morgan fingerprint density at radius 2 is 1.95 bits per heavy atom. The number of para-hydroxylation sites is 1. The average Bonchev–Trinajstić information content (AvgIpc) is 2.80. The molecule has 2 rings (SSSR count). The van der Waals surface area contributed by atoms with Crippen LogP contribution in [0.25, 0.3) is 11.0 Å². The van der Waals surface area contributed by atoms with Crippen molar-refractivity contribution in [3.8, 4) is 0 Å². The minimum absolute atomic E-state index is 0.106. The Morgan fingerprint density at radius 1 is 1.24 bits per heavy atom. The molecule has 2 atom stereocenters. The molecule has 116 valence electrons. The zero-order valence-corrected chi connectivity index (χ0v) is 13.3. The quantitative estimate of drug-likeness (QED) is 0.823. The molecule has 2 aromatic rings. The van der Waals surface area contributed by atoms with Gasteiger partial charge in [0.1, 0.15) is 11.3 Å². The molecule has 1 heterocycles. The van der Waals surface area contributed by atoms with Crippen molar-refractivity contribution >= 4 is 11.0 Å². The van der Waals surface area contributed by atoms with E-state index in [1.54, 1.807) is 0 Å². The molecule has 1 aromatic heterocycles. The summed E-state index contributed by atoms with van der Waals surface area (Å²) >= 11 is 0. The molecule has 0 amide bonds. The summed E-state index contributed by atoms with van der Waals surface area (Å²) in [6, 6.07) is 10.2. The molecule has 0 aliphatic heterocycles. The number of likely N-dealkylation sites (N-methyl/N-ethyl adjacent to an activating group) is 1. The highest BCUT2D eigenvalue weighted by molar-refractivity contribution is 5.77. The number of benzene rings is 1. The van der Waals surface area contributed by atoms with Gasteiger partial charge in [-0.15, -0.1) is 0 Å². The number of nitrogens with zero attached hydrogens (tertiary/aromatic N) is 1. The molecule has 0 bridgehead atoms. The molecule has 0 saturated heterocycles. The number of hydrogen-bond acceptors (Lipinski definition) is 4. The van der Waals surface area contributed by atoms with Crippen molar-refractivity contribution in [2.45, 2.75) is 26.0 Å². The first-order valence-corrected chi connectivity index (χ1v) is 7.52.